The molecule has 19 heavy (non-hydrogen) atoms. The quantitative estimate of drug-likeness (QED) is 0.888. The van der Waals surface area contributed by atoms with Gasteiger partial charge in [-0.05, 0) is 24.1 Å². The molecule has 102 valence electrons. The summed E-state index contributed by atoms with van der Waals surface area (Å²) in [5.41, 5.74) is 1.87. The first kappa shape index (κ1) is 12.5. The number of para-hydroxylation sites is 1. The average Bonchev–Trinajstić information content (AvgIpc) is 2.97. The van der Waals surface area contributed by atoms with Crippen molar-refractivity contribution in [2.45, 2.75) is 31.8 Å². The van der Waals surface area contributed by atoms with Gasteiger partial charge >= 0.3 is 6.09 Å². The van der Waals surface area contributed by atoms with Gasteiger partial charge in [-0.2, -0.15) is 0 Å². The Morgan fingerprint density at radius 2 is 2.16 bits per heavy atom. The largest absolute Gasteiger partial charge is 0.439 e. The third-order valence-corrected chi connectivity index (χ3v) is 4.02. The molecule has 1 amide bonds. The van der Waals surface area contributed by atoms with Crippen molar-refractivity contribution in [1.29, 1.82) is 0 Å². The first-order valence-electron chi connectivity index (χ1n) is 6.91. The standard InChI is InChI=1S/C15H20N2O2/c1-11(2)12-5-3-4-6-13(12)17-10-15(19-14(17)18)7-8-16-9-15/h3-6,11,16H,7-10H2,1-2H3. The number of hydrogen-bond donors (Lipinski definition) is 1. The molecule has 1 aromatic carbocycles. The van der Waals surface area contributed by atoms with Gasteiger partial charge in [0.2, 0.25) is 0 Å². The summed E-state index contributed by atoms with van der Waals surface area (Å²) in [6.45, 7) is 6.63. The van der Waals surface area contributed by atoms with Gasteiger partial charge in [-0.1, -0.05) is 32.0 Å². The van der Waals surface area contributed by atoms with Gasteiger partial charge < -0.3 is 10.1 Å². The van der Waals surface area contributed by atoms with Crippen LogP contribution < -0.4 is 10.2 Å². The van der Waals surface area contributed by atoms with Gasteiger partial charge in [-0.15, -0.1) is 0 Å². The molecule has 1 unspecified atom stereocenters. The van der Waals surface area contributed by atoms with Crippen LogP contribution in [0.5, 0.6) is 0 Å². The summed E-state index contributed by atoms with van der Waals surface area (Å²) in [4.78, 5) is 14.0. The van der Waals surface area contributed by atoms with Crippen LogP contribution in [0.25, 0.3) is 0 Å². The zero-order chi connectivity index (χ0) is 13.5. The fourth-order valence-electron chi connectivity index (χ4n) is 2.97. The molecule has 2 aliphatic rings. The highest BCUT2D eigenvalue weighted by molar-refractivity contribution is 5.91. The smallest absolute Gasteiger partial charge is 0.415 e. The molecule has 2 aliphatic heterocycles. The summed E-state index contributed by atoms with van der Waals surface area (Å²) < 4.78 is 5.64. The van der Waals surface area contributed by atoms with E-state index in [0.29, 0.717) is 12.5 Å². The van der Waals surface area contributed by atoms with Crippen molar-refractivity contribution in [1.82, 2.24) is 5.32 Å². The molecule has 2 saturated heterocycles. The third-order valence-electron chi connectivity index (χ3n) is 4.02. The minimum Gasteiger partial charge on any atom is -0.439 e. The van der Waals surface area contributed by atoms with Crippen molar-refractivity contribution in [2.24, 2.45) is 0 Å². The van der Waals surface area contributed by atoms with Crippen LogP contribution in [-0.2, 0) is 4.74 Å². The minimum atomic E-state index is -0.318. The topological polar surface area (TPSA) is 41.6 Å². The Balaban J connectivity index is 1.93. The lowest BCUT2D eigenvalue weighted by atomic mass is 9.99. The Bertz CT molecular complexity index is 493. The van der Waals surface area contributed by atoms with E-state index in [-0.39, 0.29) is 11.7 Å². The minimum absolute atomic E-state index is 0.211. The Morgan fingerprint density at radius 3 is 2.84 bits per heavy atom. The number of rotatable bonds is 2. The Labute approximate surface area is 113 Å². The van der Waals surface area contributed by atoms with Crippen LogP contribution in [0.2, 0.25) is 0 Å². The lowest BCUT2D eigenvalue weighted by Gasteiger charge is -2.21. The van der Waals surface area contributed by atoms with Gasteiger partial charge in [-0.25, -0.2) is 4.79 Å². The summed E-state index contributed by atoms with van der Waals surface area (Å²) in [5.74, 6) is 0.391. The van der Waals surface area contributed by atoms with Crippen LogP contribution >= 0.6 is 0 Å². The highest BCUT2D eigenvalue weighted by Crippen LogP contribution is 2.35. The molecule has 0 radical (unpaired) electrons. The van der Waals surface area contributed by atoms with E-state index < -0.39 is 0 Å². The van der Waals surface area contributed by atoms with Gasteiger partial charge in [-0.3, -0.25) is 4.90 Å². The van der Waals surface area contributed by atoms with E-state index in [9.17, 15) is 4.79 Å². The maximum atomic E-state index is 12.2. The number of carbonyl (C=O) groups excluding carboxylic acids is 1. The highest BCUT2D eigenvalue weighted by Gasteiger charge is 2.47. The number of amides is 1. The molecular formula is C15H20N2O2. The van der Waals surface area contributed by atoms with E-state index >= 15 is 0 Å². The van der Waals surface area contributed by atoms with Gasteiger partial charge in [0.15, 0.2) is 0 Å². The highest BCUT2D eigenvalue weighted by atomic mass is 16.6. The van der Waals surface area contributed by atoms with Crippen molar-refractivity contribution in [2.75, 3.05) is 24.5 Å². The monoisotopic (exact) mass is 260 g/mol. The van der Waals surface area contributed by atoms with Crippen molar-refractivity contribution in [3.63, 3.8) is 0 Å². The Hall–Kier alpha value is -1.55. The number of hydrogen-bond acceptors (Lipinski definition) is 3. The average molecular weight is 260 g/mol. The SMILES string of the molecule is CC(C)c1ccccc1N1CC2(CCNC2)OC1=O. The predicted octanol–water partition coefficient (Wildman–Crippen LogP) is 2.50. The summed E-state index contributed by atoms with van der Waals surface area (Å²) in [6, 6.07) is 8.10. The van der Waals surface area contributed by atoms with Crippen molar-refractivity contribution in [3.8, 4) is 0 Å². The lowest BCUT2D eigenvalue weighted by molar-refractivity contribution is 0.0733. The fourth-order valence-corrected chi connectivity index (χ4v) is 2.97. The molecule has 1 N–H and O–H groups in total. The van der Waals surface area contributed by atoms with E-state index in [0.717, 1.165) is 25.2 Å². The molecular weight excluding hydrogens is 240 g/mol. The fraction of sp³-hybridized carbons (Fsp3) is 0.533. The Kier molecular flexibility index (Phi) is 2.97. The molecule has 4 heteroatoms. The summed E-state index contributed by atoms with van der Waals surface area (Å²) in [5, 5.41) is 3.28. The van der Waals surface area contributed by atoms with Crippen molar-refractivity contribution in [3.05, 3.63) is 29.8 Å². The molecule has 3 rings (SSSR count). The predicted molar refractivity (Wildman–Crippen MR) is 74.6 cm³/mol. The molecule has 2 fully saturated rings. The number of nitrogens with zero attached hydrogens (tertiary/aromatic N) is 1. The second kappa shape index (κ2) is 4.53. The summed E-state index contributed by atoms with van der Waals surface area (Å²) in [6.07, 6.45) is 0.691. The number of anilines is 1. The first-order valence-corrected chi connectivity index (χ1v) is 6.91. The third kappa shape index (κ3) is 2.10. The normalized spacial score (nSPS) is 26.5. The van der Waals surface area contributed by atoms with Crippen molar-refractivity contribution >= 4 is 11.8 Å². The van der Waals surface area contributed by atoms with Crippen LogP contribution in [0.1, 0.15) is 31.7 Å². The van der Waals surface area contributed by atoms with Crippen molar-refractivity contribution < 1.29 is 9.53 Å². The van der Waals surface area contributed by atoms with Crippen LogP contribution in [0.3, 0.4) is 0 Å². The number of benzene rings is 1. The lowest BCUT2D eigenvalue weighted by Crippen LogP contribution is -2.36. The van der Waals surface area contributed by atoms with E-state index in [4.69, 9.17) is 4.74 Å². The van der Waals surface area contributed by atoms with Gasteiger partial charge in [0.25, 0.3) is 0 Å². The summed E-state index contributed by atoms with van der Waals surface area (Å²) >= 11 is 0. The van der Waals surface area contributed by atoms with Gasteiger partial charge in [0.05, 0.1) is 12.2 Å². The molecule has 0 bridgehead atoms. The number of ether oxygens (including phenoxy) is 1. The van der Waals surface area contributed by atoms with Gasteiger partial charge in [0, 0.05) is 13.0 Å². The number of carbonyl (C=O) groups is 1. The molecule has 0 aliphatic carbocycles. The number of nitrogens with one attached hydrogen (secondary N) is 1. The van der Waals surface area contributed by atoms with E-state index in [1.165, 1.54) is 5.56 Å². The molecule has 1 aromatic rings. The Morgan fingerprint density at radius 1 is 1.37 bits per heavy atom. The molecule has 1 spiro atoms. The van der Waals surface area contributed by atoms with E-state index in [1.54, 1.807) is 4.90 Å². The van der Waals surface area contributed by atoms with Crippen LogP contribution in [0.4, 0.5) is 10.5 Å². The molecule has 1 atom stereocenters. The molecule has 0 aromatic heterocycles. The van der Waals surface area contributed by atoms with E-state index in [2.05, 4.69) is 25.2 Å². The second-order valence-electron chi connectivity index (χ2n) is 5.78. The van der Waals surface area contributed by atoms with Crippen LogP contribution in [-0.4, -0.2) is 31.3 Å². The molecule has 2 heterocycles. The van der Waals surface area contributed by atoms with Crippen LogP contribution in [0.15, 0.2) is 24.3 Å². The maximum absolute atomic E-state index is 12.2. The molecule has 4 nitrogen and oxygen atoms in total. The molecule has 0 saturated carbocycles. The summed E-state index contributed by atoms with van der Waals surface area (Å²) in [7, 11) is 0. The maximum Gasteiger partial charge on any atom is 0.415 e. The van der Waals surface area contributed by atoms with Crippen LogP contribution in [0, 0.1) is 0 Å². The second-order valence-corrected chi connectivity index (χ2v) is 5.78. The van der Waals surface area contributed by atoms with E-state index in [1.807, 2.05) is 18.2 Å². The zero-order valence-corrected chi connectivity index (χ0v) is 11.5. The first-order chi connectivity index (χ1) is 9.11. The van der Waals surface area contributed by atoms with Gasteiger partial charge in [0.1, 0.15) is 5.60 Å². The zero-order valence-electron chi connectivity index (χ0n) is 11.5.